The van der Waals surface area contributed by atoms with E-state index in [4.69, 9.17) is 5.73 Å². The summed E-state index contributed by atoms with van der Waals surface area (Å²) in [5, 5.41) is 12.4. The zero-order chi connectivity index (χ0) is 33.1. The number of nitrogens with zero attached hydrogens (tertiary/aromatic N) is 2. The number of halogens is 1. The normalized spacial score (nSPS) is 13.6. The molecule has 3 aromatic rings. The van der Waals surface area contributed by atoms with Crippen LogP contribution in [-0.2, 0) is 27.2 Å². The molecule has 240 valence electrons. The highest BCUT2D eigenvalue weighted by Crippen LogP contribution is 2.22. The maximum atomic E-state index is 14.2. The first-order chi connectivity index (χ1) is 21.2. The lowest BCUT2D eigenvalue weighted by Gasteiger charge is -2.34. The summed E-state index contributed by atoms with van der Waals surface area (Å²) in [6.07, 6.45) is 3.10. The predicted octanol–water partition coefficient (Wildman–Crippen LogP) is 4.11. The fourth-order valence-electron chi connectivity index (χ4n) is 4.82. The Morgan fingerprint density at radius 1 is 0.867 bits per heavy atom. The lowest BCUT2D eigenvalue weighted by Crippen LogP contribution is -2.56. The number of nitrogens with two attached hydrogens (primary N) is 1. The molecule has 8 nitrogen and oxygen atoms in total. The summed E-state index contributed by atoms with van der Waals surface area (Å²) in [6.45, 7) is 5.26. The van der Waals surface area contributed by atoms with E-state index < -0.39 is 41.4 Å². The summed E-state index contributed by atoms with van der Waals surface area (Å²) < 4.78 is 13.6. The summed E-state index contributed by atoms with van der Waals surface area (Å²) >= 11 is 0. The highest BCUT2D eigenvalue weighted by atomic mass is 19.1. The van der Waals surface area contributed by atoms with Crippen molar-refractivity contribution < 1.29 is 23.9 Å². The number of rotatable bonds is 14. The monoisotopic (exact) mass is 616 g/mol. The summed E-state index contributed by atoms with van der Waals surface area (Å²) in [6, 6.07) is 21.5. The SMILES string of the molecule is C[C@@H](O)CNC(=O)[C@@H](Cc1ccc(F)cc1)N(C)C(=O)[C@@H](Cc1ccc(-c2ccccc2)cc1)N(C)C(=O)C=CCC(C)(C)N. The van der Waals surface area contributed by atoms with Crippen LogP contribution in [0.4, 0.5) is 4.39 Å². The lowest BCUT2D eigenvalue weighted by molar-refractivity contribution is -0.146. The van der Waals surface area contributed by atoms with Gasteiger partial charge in [-0.1, -0.05) is 72.8 Å². The predicted molar refractivity (Wildman–Crippen MR) is 176 cm³/mol. The Kier molecular flexibility index (Phi) is 12.6. The fraction of sp³-hybridized carbons (Fsp3) is 0.361. The molecular weight excluding hydrogens is 571 g/mol. The Bertz CT molecular complexity index is 1430. The molecule has 0 saturated heterocycles. The van der Waals surface area contributed by atoms with Crippen molar-refractivity contribution in [1.82, 2.24) is 15.1 Å². The molecule has 0 bridgehead atoms. The van der Waals surface area contributed by atoms with Crippen molar-refractivity contribution in [1.29, 1.82) is 0 Å². The number of amides is 3. The van der Waals surface area contributed by atoms with E-state index in [1.807, 2.05) is 68.4 Å². The van der Waals surface area contributed by atoms with E-state index in [9.17, 15) is 23.9 Å². The van der Waals surface area contributed by atoms with Crippen LogP contribution < -0.4 is 11.1 Å². The quantitative estimate of drug-likeness (QED) is 0.236. The van der Waals surface area contributed by atoms with Gasteiger partial charge in [0.2, 0.25) is 17.7 Å². The molecule has 3 amide bonds. The van der Waals surface area contributed by atoms with Crippen LogP contribution in [0.25, 0.3) is 11.1 Å². The second kappa shape index (κ2) is 16.1. The summed E-state index contributed by atoms with van der Waals surface area (Å²) in [5.41, 5.74) is 9.13. The van der Waals surface area contributed by atoms with Crippen LogP contribution in [0.1, 0.15) is 38.3 Å². The third kappa shape index (κ3) is 11.0. The molecule has 9 heteroatoms. The highest BCUT2D eigenvalue weighted by Gasteiger charge is 2.35. The number of aliphatic hydroxyl groups excluding tert-OH is 1. The Morgan fingerprint density at radius 2 is 1.40 bits per heavy atom. The van der Waals surface area contributed by atoms with Crippen LogP contribution in [0.5, 0.6) is 0 Å². The number of hydrogen-bond acceptors (Lipinski definition) is 5. The number of carbonyl (C=O) groups is 3. The molecular formula is C36H45FN4O4. The van der Waals surface area contributed by atoms with Crippen molar-refractivity contribution >= 4 is 17.7 Å². The molecule has 0 heterocycles. The minimum absolute atomic E-state index is 0.00134. The van der Waals surface area contributed by atoms with E-state index in [1.54, 1.807) is 32.2 Å². The Balaban J connectivity index is 1.93. The molecule has 0 fully saturated rings. The van der Waals surface area contributed by atoms with Crippen molar-refractivity contribution in [3.05, 3.63) is 108 Å². The number of hydrogen-bond donors (Lipinski definition) is 3. The van der Waals surface area contributed by atoms with Gasteiger partial charge in [-0.15, -0.1) is 0 Å². The van der Waals surface area contributed by atoms with Crippen LogP contribution >= 0.6 is 0 Å². The van der Waals surface area contributed by atoms with Gasteiger partial charge in [0, 0.05) is 39.0 Å². The second-order valence-electron chi connectivity index (χ2n) is 12.2. The third-order valence-electron chi connectivity index (χ3n) is 7.53. The smallest absolute Gasteiger partial charge is 0.246 e. The molecule has 0 unspecified atom stereocenters. The van der Waals surface area contributed by atoms with Gasteiger partial charge in [0.25, 0.3) is 0 Å². The standard InChI is InChI=1S/C36H45FN4O4/c1-25(42)24-39-34(44)31(22-27-15-19-30(37)20-16-27)41(5)35(45)32(40(4)33(43)12-9-21-36(2,3)38)23-26-13-17-29(18-14-26)28-10-7-6-8-11-28/h6-20,25,31-32,42H,21-24,38H2,1-5H3,(H,39,44)/t25-,31-,32-/m1/s1. The summed E-state index contributed by atoms with van der Waals surface area (Å²) in [7, 11) is 3.09. The first kappa shape index (κ1) is 35.1. The first-order valence-corrected chi connectivity index (χ1v) is 15.1. The lowest BCUT2D eigenvalue weighted by atomic mass is 9.98. The van der Waals surface area contributed by atoms with Crippen molar-refractivity contribution in [3.8, 4) is 11.1 Å². The third-order valence-corrected chi connectivity index (χ3v) is 7.53. The topological polar surface area (TPSA) is 116 Å². The van der Waals surface area contributed by atoms with Gasteiger partial charge in [-0.05, 0) is 67.7 Å². The zero-order valence-electron chi connectivity index (χ0n) is 26.7. The number of likely N-dealkylation sites (N-methyl/N-ethyl adjacent to an activating group) is 2. The van der Waals surface area contributed by atoms with E-state index in [-0.39, 0.29) is 25.3 Å². The van der Waals surface area contributed by atoms with Gasteiger partial charge in [0.05, 0.1) is 6.10 Å². The Hall–Kier alpha value is -4.34. The van der Waals surface area contributed by atoms with Crippen LogP contribution in [0.3, 0.4) is 0 Å². The van der Waals surface area contributed by atoms with Gasteiger partial charge in [0.15, 0.2) is 0 Å². The average Bonchev–Trinajstić information content (AvgIpc) is 3.01. The molecule has 0 radical (unpaired) electrons. The van der Waals surface area contributed by atoms with E-state index >= 15 is 0 Å². The van der Waals surface area contributed by atoms with Crippen molar-refractivity contribution in [3.63, 3.8) is 0 Å². The maximum absolute atomic E-state index is 14.2. The number of benzene rings is 3. The fourth-order valence-corrected chi connectivity index (χ4v) is 4.82. The number of carbonyl (C=O) groups excluding carboxylic acids is 3. The second-order valence-corrected chi connectivity index (χ2v) is 12.2. The minimum atomic E-state index is -0.984. The minimum Gasteiger partial charge on any atom is -0.392 e. The Labute approximate surface area is 265 Å². The van der Waals surface area contributed by atoms with Crippen molar-refractivity contribution in [2.75, 3.05) is 20.6 Å². The van der Waals surface area contributed by atoms with Gasteiger partial charge in [-0.2, -0.15) is 0 Å². The van der Waals surface area contributed by atoms with E-state index in [0.717, 1.165) is 16.7 Å². The van der Waals surface area contributed by atoms with Crippen LogP contribution in [0, 0.1) is 5.82 Å². The molecule has 0 spiro atoms. The number of aliphatic hydroxyl groups is 1. The molecule has 0 aliphatic carbocycles. The van der Waals surface area contributed by atoms with Crippen LogP contribution in [0.15, 0.2) is 91.0 Å². The van der Waals surface area contributed by atoms with E-state index in [0.29, 0.717) is 12.0 Å². The van der Waals surface area contributed by atoms with Gasteiger partial charge in [-0.25, -0.2) is 4.39 Å². The molecule has 0 aromatic heterocycles. The molecule has 0 aliphatic rings. The van der Waals surface area contributed by atoms with E-state index in [2.05, 4.69) is 5.32 Å². The maximum Gasteiger partial charge on any atom is 0.246 e. The molecule has 3 aromatic carbocycles. The highest BCUT2D eigenvalue weighted by molar-refractivity contribution is 5.95. The molecule has 3 rings (SSSR count). The van der Waals surface area contributed by atoms with Crippen LogP contribution in [0.2, 0.25) is 0 Å². The first-order valence-electron chi connectivity index (χ1n) is 15.1. The molecule has 0 aliphatic heterocycles. The molecule has 3 atom stereocenters. The summed E-state index contributed by atoms with van der Waals surface area (Å²) in [5.74, 6) is -1.70. The van der Waals surface area contributed by atoms with Crippen LogP contribution in [-0.4, -0.2) is 77.0 Å². The van der Waals surface area contributed by atoms with Crippen molar-refractivity contribution in [2.45, 2.75) is 63.8 Å². The molecule has 4 N–H and O–H groups in total. The van der Waals surface area contributed by atoms with Gasteiger partial charge < -0.3 is 26.0 Å². The largest absolute Gasteiger partial charge is 0.392 e. The Morgan fingerprint density at radius 3 is 1.96 bits per heavy atom. The molecule has 45 heavy (non-hydrogen) atoms. The molecule has 0 saturated carbocycles. The van der Waals surface area contributed by atoms with Gasteiger partial charge in [-0.3, -0.25) is 14.4 Å². The zero-order valence-corrected chi connectivity index (χ0v) is 26.7. The average molecular weight is 617 g/mol. The van der Waals surface area contributed by atoms with Gasteiger partial charge >= 0.3 is 0 Å². The van der Waals surface area contributed by atoms with Gasteiger partial charge in [0.1, 0.15) is 17.9 Å². The number of nitrogens with one attached hydrogen (secondary N) is 1. The summed E-state index contributed by atoms with van der Waals surface area (Å²) in [4.78, 5) is 43.6. The van der Waals surface area contributed by atoms with E-state index in [1.165, 1.54) is 35.1 Å². The van der Waals surface area contributed by atoms with Crippen molar-refractivity contribution in [2.24, 2.45) is 5.73 Å².